The van der Waals surface area contributed by atoms with Crippen LogP contribution in [0.4, 0.5) is 4.39 Å². The van der Waals surface area contributed by atoms with Crippen molar-refractivity contribution >= 4 is 11.8 Å². The second-order valence-electron chi connectivity index (χ2n) is 8.01. The summed E-state index contributed by atoms with van der Waals surface area (Å²) in [4.78, 5) is 20.7. The number of fused-ring (bicyclic) bond motifs is 1. The van der Waals surface area contributed by atoms with E-state index in [0.717, 1.165) is 0 Å². The lowest BCUT2D eigenvalue weighted by atomic mass is 9.89. The number of nitrogens with zero attached hydrogens (tertiary/aromatic N) is 4. The molecule has 146 valence electrons. The topological polar surface area (TPSA) is 106 Å². The number of imidazole rings is 1. The molecule has 2 N–H and O–H groups in total. The molecule has 0 saturated carbocycles. The Balaban J connectivity index is 1.96. The molecule has 0 fully saturated rings. The van der Waals surface area contributed by atoms with E-state index in [1.54, 1.807) is 44.4 Å². The lowest BCUT2D eigenvalue weighted by Gasteiger charge is -2.32. The van der Waals surface area contributed by atoms with Gasteiger partial charge in [0, 0.05) is 5.56 Å². The van der Waals surface area contributed by atoms with Gasteiger partial charge in [0.15, 0.2) is 11.7 Å². The second kappa shape index (κ2) is 6.75. The van der Waals surface area contributed by atoms with E-state index < -0.39 is 22.9 Å². The third kappa shape index (κ3) is 3.74. The predicted molar refractivity (Wildman–Crippen MR) is 101 cm³/mol. The normalized spacial score (nSPS) is 18.8. The summed E-state index contributed by atoms with van der Waals surface area (Å²) in [5.74, 6) is -0.342. The maximum atomic E-state index is 14.7. The van der Waals surface area contributed by atoms with Gasteiger partial charge in [0.2, 0.25) is 0 Å². The van der Waals surface area contributed by atoms with E-state index in [0.29, 0.717) is 22.6 Å². The summed E-state index contributed by atoms with van der Waals surface area (Å²) in [6.45, 7) is 7.31. The quantitative estimate of drug-likeness (QED) is 0.819. The van der Waals surface area contributed by atoms with Gasteiger partial charge in [0.1, 0.15) is 28.7 Å². The zero-order valence-corrected chi connectivity index (χ0v) is 16.3. The molecule has 2 aromatic rings. The Hall–Kier alpha value is -3.21. The Morgan fingerprint density at radius 3 is 2.82 bits per heavy atom. The van der Waals surface area contributed by atoms with E-state index in [2.05, 4.69) is 16.0 Å². The van der Waals surface area contributed by atoms with Gasteiger partial charge in [-0.25, -0.2) is 9.37 Å². The minimum absolute atomic E-state index is 0.0135. The van der Waals surface area contributed by atoms with Crippen LogP contribution in [0, 0.1) is 17.1 Å². The van der Waals surface area contributed by atoms with Gasteiger partial charge < -0.3 is 15.0 Å². The van der Waals surface area contributed by atoms with Crippen molar-refractivity contribution in [3.05, 3.63) is 52.9 Å². The third-order valence-corrected chi connectivity index (χ3v) is 4.41. The van der Waals surface area contributed by atoms with Crippen molar-refractivity contribution in [2.24, 2.45) is 10.7 Å². The highest BCUT2D eigenvalue weighted by molar-refractivity contribution is 5.95. The minimum Gasteiger partial charge on any atom is -0.460 e. The zero-order valence-electron chi connectivity index (χ0n) is 16.3. The number of rotatable bonds is 3. The standard InChI is InChI=1S/C20H22FN5O2/c1-19(2,3)28-16(27)8-12-5-6-15(21)14(7-12)20(4)11-26-13(9-22)10-24-18(26)17(23)25-20/h5-7,10H,8,11H2,1-4H3,(H2,23,25). The highest BCUT2D eigenvalue weighted by Gasteiger charge is 2.36. The highest BCUT2D eigenvalue weighted by atomic mass is 19.1. The van der Waals surface area contributed by atoms with Crippen LogP contribution in [0.15, 0.2) is 29.4 Å². The van der Waals surface area contributed by atoms with Crippen molar-refractivity contribution in [1.29, 1.82) is 5.26 Å². The van der Waals surface area contributed by atoms with Crippen LogP contribution >= 0.6 is 0 Å². The molecule has 8 heteroatoms. The number of ether oxygens (including phenoxy) is 1. The smallest absolute Gasteiger partial charge is 0.310 e. The number of aliphatic imine (C=N–C) groups is 1. The predicted octanol–water partition coefficient (Wildman–Crippen LogP) is 2.41. The fourth-order valence-corrected chi connectivity index (χ4v) is 3.27. The first-order chi connectivity index (χ1) is 13.0. The van der Waals surface area contributed by atoms with Crippen LogP contribution in [-0.4, -0.2) is 27.0 Å². The molecule has 7 nitrogen and oxygen atoms in total. The van der Waals surface area contributed by atoms with Crippen LogP contribution in [0.2, 0.25) is 0 Å². The maximum absolute atomic E-state index is 14.7. The Kier molecular flexibility index (Phi) is 4.71. The van der Waals surface area contributed by atoms with Gasteiger partial charge in [0.25, 0.3) is 0 Å². The molecule has 0 spiro atoms. The van der Waals surface area contributed by atoms with Gasteiger partial charge in [-0.1, -0.05) is 6.07 Å². The summed E-state index contributed by atoms with van der Waals surface area (Å²) in [5, 5.41) is 9.28. The first-order valence-corrected chi connectivity index (χ1v) is 8.84. The fourth-order valence-electron chi connectivity index (χ4n) is 3.27. The van der Waals surface area contributed by atoms with E-state index in [1.807, 2.05) is 0 Å². The van der Waals surface area contributed by atoms with Crippen molar-refractivity contribution in [2.75, 3.05) is 0 Å². The van der Waals surface area contributed by atoms with Crippen molar-refractivity contribution in [1.82, 2.24) is 9.55 Å². The van der Waals surface area contributed by atoms with E-state index in [9.17, 15) is 14.4 Å². The monoisotopic (exact) mass is 383 g/mol. The second-order valence-corrected chi connectivity index (χ2v) is 8.01. The molecule has 1 aliphatic heterocycles. The summed E-state index contributed by atoms with van der Waals surface area (Å²) in [6.07, 6.45) is 1.43. The molecule has 0 bridgehead atoms. The van der Waals surface area contributed by atoms with Crippen molar-refractivity contribution in [2.45, 2.75) is 51.8 Å². The minimum atomic E-state index is -1.04. The van der Waals surface area contributed by atoms with E-state index >= 15 is 0 Å². The molecule has 0 saturated heterocycles. The van der Waals surface area contributed by atoms with E-state index in [-0.39, 0.29) is 18.8 Å². The number of nitriles is 1. The molecule has 2 heterocycles. The van der Waals surface area contributed by atoms with E-state index in [1.165, 1.54) is 12.3 Å². The number of nitrogens with two attached hydrogens (primary N) is 1. The van der Waals surface area contributed by atoms with Crippen molar-refractivity contribution in [3.8, 4) is 6.07 Å². The van der Waals surface area contributed by atoms with Crippen molar-refractivity contribution in [3.63, 3.8) is 0 Å². The molecule has 0 radical (unpaired) electrons. The number of carbonyl (C=O) groups excluding carboxylic acids is 1. The summed E-state index contributed by atoms with van der Waals surface area (Å²) in [5.41, 5.74) is 5.61. The number of amidine groups is 1. The first kappa shape index (κ1) is 19.5. The first-order valence-electron chi connectivity index (χ1n) is 8.84. The van der Waals surface area contributed by atoms with Crippen LogP contribution in [0.5, 0.6) is 0 Å². The molecule has 0 amide bonds. The number of halogens is 1. The van der Waals surface area contributed by atoms with Gasteiger partial charge in [-0.3, -0.25) is 9.79 Å². The summed E-state index contributed by atoms with van der Waals surface area (Å²) in [7, 11) is 0. The fraction of sp³-hybridized carbons (Fsp3) is 0.400. The summed E-state index contributed by atoms with van der Waals surface area (Å²) in [6, 6.07) is 6.51. The largest absolute Gasteiger partial charge is 0.460 e. The van der Waals surface area contributed by atoms with Crippen LogP contribution in [0.25, 0.3) is 0 Å². The molecule has 1 aliphatic rings. The van der Waals surface area contributed by atoms with Crippen LogP contribution < -0.4 is 5.73 Å². The van der Waals surface area contributed by atoms with Gasteiger partial charge in [-0.05, 0) is 45.4 Å². The molecule has 1 aromatic carbocycles. The molecule has 1 atom stereocenters. The van der Waals surface area contributed by atoms with E-state index in [4.69, 9.17) is 10.5 Å². The lowest BCUT2D eigenvalue weighted by Crippen LogP contribution is -2.38. The number of benzene rings is 1. The SMILES string of the molecule is CC(C)(C)OC(=O)Cc1ccc(F)c(C2(C)Cn3c(C#N)cnc3C(N)=N2)c1. The Morgan fingerprint density at radius 1 is 1.46 bits per heavy atom. The van der Waals surface area contributed by atoms with Gasteiger partial charge in [-0.2, -0.15) is 5.26 Å². The lowest BCUT2D eigenvalue weighted by molar-refractivity contribution is -0.153. The molecule has 28 heavy (non-hydrogen) atoms. The Morgan fingerprint density at radius 2 is 2.18 bits per heavy atom. The molecule has 1 unspecified atom stereocenters. The summed E-state index contributed by atoms with van der Waals surface area (Å²) >= 11 is 0. The molecular weight excluding hydrogens is 361 g/mol. The average molecular weight is 383 g/mol. The highest BCUT2D eigenvalue weighted by Crippen LogP contribution is 2.34. The summed E-state index contributed by atoms with van der Waals surface area (Å²) < 4.78 is 21.7. The number of hydrogen-bond donors (Lipinski definition) is 1. The maximum Gasteiger partial charge on any atom is 0.310 e. The van der Waals surface area contributed by atoms with Crippen molar-refractivity contribution < 1.29 is 13.9 Å². The molecule has 1 aromatic heterocycles. The number of aromatic nitrogens is 2. The van der Waals surface area contributed by atoms with Crippen LogP contribution in [-0.2, 0) is 28.0 Å². The Bertz CT molecular complexity index is 1010. The molecule has 0 aliphatic carbocycles. The van der Waals surface area contributed by atoms with Gasteiger partial charge in [-0.15, -0.1) is 0 Å². The zero-order chi connectivity index (χ0) is 20.7. The number of carbonyl (C=O) groups is 1. The van der Waals surface area contributed by atoms with Gasteiger partial charge >= 0.3 is 5.97 Å². The average Bonchev–Trinajstić information content (AvgIpc) is 2.97. The van der Waals surface area contributed by atoms with Crippen LogP contribution in [0.3, 0.4) is 0 Å². The molecular formula is C20H22FN5O2. The third-order valence-electron chi connectivity index (χ3n) is 4.41. The molecule has 3 rings (SSSR count). The number of hydrogen-bond acceptors (Lipinski definition) is 6. The van der Waals surface area contributed by atoms with Crippen LogP contribution in [0.1, 0.15) is 50.3 Å². The van der Waals surface area contributed by atoms with Gasteiger partial charge in [0.05, 0.1) is 19.2 Å². The Labute approximate surface area is 162 Å². The number of esters is 1.